The van der Waals surface area contributed by atoms with Gasteiger partial charge in [-0.05, 0) is 86.2 Å². The number of carbonyl (C=O) groups excluding carboxylic acids is 9. The predicted octanol–water partition coefficient (Wildman–Crippen LogP) is -1.18. The van der Waals surface area contributed by atoms with Crippen LogP contribution in [0.15, 0.2) is 89.9 Å². The summed E-state index contributed by atoms with van der Waals surface area (Å²) in [5, 5.41) is 16.2. The molecule has 0 aliphatic carbocycles. The normalized spacial score (nSPS) is 15.3. The number of likely N-dealkylation sites (tertiary alicyclic amines) is 1. The number of aliphatic imine (C=N–C) groups is 1. The van der Waals surface area contributed by atoms with E-state index in [-0.39, 0.29) is 64.1 Å². The summed E-state index contributed by atoms with van der Waals surface area (Å²) < 4.78 is 5.29. The van der Waals surface area contributed by atoms with Crippen LogP contribution in [0.1, 0.15) is 81.9 Å². The molecule has 0 radical (unpaired) electrons. The summed E-state index contributed by atoms with van der Waals surface area (Å²) in [5.74, 6) is -6.94. The molecule has 0 saturated carbocycles. The van der Waals surface area contributed by atoms with E-state index < -0.39 is 108 Å². The molecule has 0 unspecified atom stereocenters. The van der Waals surface area contributed by atoms with Crippen molar-refractivity contribution in [2.45, 2.75) is 127 Å². The third-order valence-electron chi connectivity index (χ3n) is 12.7. The lowest BCUT2D eigenvalue weighted by Gasteiger charge is -2.31. The Bertz CT molecular complexity index is 2460. The number of hydrogen-bond acceptors (Lipinski definition) is 12. The van der Waals surface area contributed by atoms with Gasteiger partial charge in [-0.3, -0.25) is 48.1 Å². The van der Waals surface area contributed by atoms with Gasteiger partial charge in [0, 0.05) is 25.9 Å². The van der Waals surface area contributed by atoms with Crippen LogP contribution < -0.4 is 65.3 Å². The second-order valence-electron chi connectivity index (χ2n) is 19.0. The molecule has 1 fully saturated rings. The summed E-state index contributed by atoms with van der Waals surface area (Å²) in [7, 11) is 1.52. The van der Waals surface area contributed by atoms with Crippen LogP contribution in [0.2, 0.25) is 0 Å². The molecule has 3 aromatic carbocycles. The van der Waals surface area contributed by atoms with Crippen LogP contribution in [0, 0.1) is 5.92 Å². The van der Waals surface area contributed by atoms with E-state index in [9.17, 15) is 43.2 Å². The Hall–Kier alpha value is -8.08. The Morgan fingerprint density at radius 2 is 1.18 bits per heavy atom. The zero-order chi connectivity index (χ0) is 55.7. The van der Waals surface area contributed by atoms with Crippen molar-refractivity contribution < 1.29 is 47.9 Å². The molecule has 1 saturated heterocycles. The van der Waals surface area contributed by atoms with Crippen molar-refractivity contribution in [3.63, 3.8) is 0 Å². The number of guanidine groups is 1. The Morgan fingerprint density at radius 3 is 1.76 bits per heavy atom. The largest absolute Gasteiger partial charge is 0.497 e. The first-order valence-electron chi connectivity index (χ1n) is 25.5. The number of ether oxygens (including phenoxy) is 1. The van der Waals surface area contributed by atoms with E-state index in [1.54, 1.807) is 92.7 Å². The minimum Gasteiger partial charge on any atom is -0.497 e. The number of hydrogen-bond donors (Lipinski definition) is 11. The van der Waals surface area contributed by atoms with Crippen LogP contribution in [0.25, 0.3) is 0 Å². The van der Waals surface area contributed by atoms with Crippen molar-refractivity contribution in [3.8, 4) is 5.75 Å². The maximum absolute atomic E-state index is 14.5. The number of nitrogens with two attached hydrogens (primary N) is 5. The Balaban J connectivity index is 1.55. The van der Waals surface area contributed by atoms with Crippen molar-refractivity contribution in [1.29, 1.82) is 0 Å². The van der Waals surface area contributed by atoms with Gasteiger partial charge in [-0.1, -0.05) is 86.6 Å². The van der Waals surface area contributed by atoms with Crippen molar-refractivity contribution in [1.82, 2.24) is 36.8 Å². The van der Waals surface area contributed by atoms with E-state index in [0.717, 1.165) is 5.56 Å². The third kappa shape index (κ3) is 20.0. The van der Waals surface area contributed by atoms with Crippen molar-refractivity contribution in [3.05, 3.63) is 102 Å². The molecule has 3 aromatic rings. The number of benzene rings is 3. The molecular formula is C53H75N13O10. The Morgan fingerprint density at radius 1 is 0.632 bits per heavy atom. The van der Waals surface area contributed by atoms with Gasteiger partial charge in [-0.25, -0.2) is 0 Å². The maximum Gasteiger partial charge on any atom is 0.245 e. The number of carbonyl (C=O) groups is 9. The minimum atomic E-state index is -1.64. The molecule has 1 heterocycles. The lowest BCUT2D eigenvalue weighted by atomic mass is 9.99. The van der Waals surface area contributed by atoms with Gasteiger partial charge >= 0.3 is 0 Å². The molecule has 7 atom stereocenters. The van der Waals surface area contributed by atoms with Crippen LogP contribution >= 0.6 is 0 Å². The first-order valence-corrected chi connectivity index (χ1v) is 25.5. The average molecular weight is 1050 g/mol. The summed E-state index contributed by atoms with van der Waals surface area (Å²) in [6, 6.07) is 15.9. The first kappa shape index (κ1) is 60.5. The SMILES string of the molecule is COc1ccc(C[C@@H](NC(=O)Cc2ccccc2)C(=O)N[C@@H](Cc2ccccc2)C(=O)N[C@H](C(=O)N[C@@H](CC(N)=O)C(=O)N[C@@H](CCCCN)C(=O)N2CCC[C@H]2C(=O)N[C@@H](CCCN=C(N)N)C(N)=O)C(C)C)cc1. The molecule has 1 aliphatic rings. The van der Waals surface area contributed by atoms with E-state index in [0.29, 0.717) is 42.6 Å². The number of methoxy groups -OCH3 is 1. The van der Waals surface area contributed by atoms with Gasteiger partial charge < -0.3 is 70.2 Å². The molecule has 0 spiro atoms. The Labute approximate surface area is 443 Å². The molecule has 1 aliphatic heterocycles. The maximum atomic E-state index is 14.5. The highest BCUT2D eigenvalue weighted by molar-refractivity contribution is 5.99. The van der Waals surface area contributed by atoms with Crippen LogP contribution in [0.5, 0.6) is 5.75 Å². The Kier molecular flexibility index (Phi) is 24.6. The van der Waals surface area contributed by atoms with E-state index in [1.807, 2.05) is 6.07 Å². The number of nitrogens with zero attached hydrogens (tertiary/aromatic N) is 2. The van der Waals surface area contributed by atoms with E-state index in [2.05, 4.69) is 36.9 Å². The number of unbranched alkanes of at least 4 members (excludes halogenated alkanes) is 1. The molecule has 0 bridgehead atoms. The molecule has 412 valence electrons. The van der Waals surface area contributed by atoms with Crippen LogP contribution in [0.4, 0.5) is 0 Å². The number of amides is 9. The summed E-state index contributed by atoms with van der Waals surface area (Å²) in [4.78, 5) is 129. The fourth-order valence-corrected chi connectivity index (χ4v) is 8.61. The predicted molar refractivity (Wildman–Crippen MR) is 284 cm³/mol. The highest BCUT2D eigenvalue weighted by Gasteiger charge is 2.40. The quantitative estimate of drug-likeness (QED) is 0.0206. The van der Waals surface area contributed by atoms with Crippen molar-refractivity contribution in [2.24, 2.45) is 39.6 Å². The van der Waals surface area contributed by atoms with E-state index in [1.165, 1.54) is 12.0 Å². The second-order valence-corrected chi connectivity index (χ2v) is 19.0. The fourth-order valence-electron chi connectivity index (χ4n) is 8.61. The zero-order valence-corrected chi connectivity index (χ0v) is 43.5. The second kappa shape index (κ2) is 31.0. The van der Waals surface area contributed by atoms with Crippen LogP contribution in [0.3, 0.4) is 0 Å². The van der Waals surface area contributed by atoms with Gasteiger partial charge in [-0.2, -0.15) is 0 Å². The van der Waals surface area contributed by atoms with Gasteiger partial charge in [0.1, 0.15) is 48.0 Å². The van der Waals surface area contributed by atoms with Crippen LogP contribution in [-0.2, 0) is 62.4 Å². The zero-order valence-electron chi connectivity index (χ0n) is 43.5. The lowest BCUT2D eigenvalue weighted by Crippen LogP contribution is -2.61. The summed E-state index contributed by atoms with van der Waals surface area (Å²) in [6.45, 7) is 3.87. The van der Waals surface area contributed by atoms with Crippen LogP contribution in [-0.4, -0.2) is 133 Å². The minimum absolute atomic E-state index is 0.0187. The molecule has 23 heteroatoms. The summed E-state index contributed by atoms with van der Waals surface area (Å²) in [5.41, 5.74) is 29.8. The highest BCUT2D eigenvalue weighted by atomic mass is 16.5. The topological polar surface area (TPSA) is 381 Å². The van der Waals surface area contributed by atoms with Gasteiger partial charge in [0.25, 0.3) is 0 Å². The molecule has 16 N–H and O–H groups in total. The molecule has 4 rings (SSSR count). The van der Waals surface area contributed by atoms with Gasteiger partial charge in [0.05, 0.1) is 20.0 Å². The lowest BCUT2D eigenvalue weighted by molar-refractivity contribution is -0.142. The summed E-state index contributed by atoms with van der Waals surface area (Å²) >= 11 is 0. The molecule has 0 aromatic heterocycles. The third-order valence-corrected chi connectivity index (χ3v) is 12.7. The van der Waals surface area contributed by atoms with E-state index >= 15 is 0 Å². The van der Waals surface area contributed by atoms with Crippen molar-refractivity contribution in [2.75, 3.05) is 26.7 Å². The molecular weight excluding hydrogens is 979 g/mol. The number of rotatable bonds is 31. The molecule has 76 heavy (non-hydrogen) atoms. The van der Waals surface area contributed by atoms with Crippen molar-refractivity contribution >= 4 is 59.1 Å². The van der Waals surface area contributed by atoms with Gasteiger partial charge in [0.15, 0.2) is 5.96 Å². The molecule has 9 amide bonds. The van der Waals surface area contributed by atoms with Gasteiger partial charge in [0.2, 0.25) is 53.2 Å². The van der Waals surface area contributed by atoms with Gasteiger partial charge in [-0.15, -0.1) is 0 Å². The summed E-state index contributed by atoms with van der Waals surface area (Å²) in [6.07, 6.45) is 1.31. The molecule has 23 nitrogen and oxygen atoms in total. The fraction of sp³-hybridized carbons (Fsp3) is 0.472. The average Bonchev–Trinajstić information content (AvgIpc) is 3.88. The highest BCUT2D eigenvalue weighted by Crippen LogP contribution is 2.21. The standard InChI is InChI=1S/C53H75N13O10/c1-32(2)45(65-49(72)40(28-33-14-6-4-7-15-33)63-47(70)39(29-35-21-23-36(76-3)24-22-35)60-44(68)30-34-16-8-5-9-17-34)51(74)64-41(31-43(55)67)48(71)62-38(18-10-11-25-54)52(75)66-27-13-20-42(66)50(73)61-37(46(56)69)19-12-26-59-53(57)58/h4-9,14-17,21-24,32,37-42,45H,10-13,18-20,25-31,54H2,1-3H3,(H2,55,67)(H2,56,69)(H,60,68)(H,61,73)(H,62,71)(H,63,70)(H,64,74)(H,65,72)(H4,57,58,59)/t37-,38-,39+,40-,41-,42-,45-/m0/s1. The first-order chi connectivity index (χ1) is 36.3. The number of nitrogens with one attached hydrogen (secondary N) is 6. The smallest absolute Gasteiger partial charge is 0.245 e. The van der Waals surface area contributed by atoms with E-state index in [4.69, 9.17) is 33.4 Å². The monoisotopic (exact) mass is 1050 g/mol. The number of primary amides is 2.